The maximum atomic E-state index is 6.11. The predicted octanol–water partition coefficient (Wildman–Crippen LogP) is 3.57. The van der Waals surface area contributed by atoms with Crippen LogP contribution < -0.4 is 15.4 Å². The van der Waals surface area contributed by atoms with Gasteiger partial charge in [-0.1, -0.05) is 23.7 Å². The molecule has 0 saturated heterocycles. The Balaban J connectivity index is 2.12. The lowest BCUT2D eigenvalue weighted by atomic mass is 10.2. The highest BCUT2D eigenvalue weighted by atomic mass is 35.5. The first-order valence-electron chi connectivity index (χ1n) is 6.01. The van der Waals surface area contributed by atoms with Crippen LogP contribution in [0.15, 0.2) is 42.5 Å². The molecule has 0 heterocycles. The topological polar surface area (TPSA) is 38.5 Å². The van der Waals surface area contributed by atoms with Gasteiger partial charge in [0.15, 0.2) is 0 Å². The third kappa shape index (κ3) is 3.32. The van der Waals surface area contributed by atoms with Crippen molar-refractivity contribution < 1.29 is 4.74 Å². The van der Waals surface area contributed by atoms with Gasteiger partial charge in [-0.05, 0) is 24.3 Å². The van der Waals surface area contributed by atoms with Crippen molar-refractivity contribution in [3.8, 4) is 5.75 Å². The largest absolute Gasteiger partial charge is 0.489 e. The predicted molar refractivity (Wildman–Crippen MR) is 81.0 cm³/mol. The standard InChI is InChI=1S/C15H17ClN2O/c1-18(2)11-5-3-6-12(9-11)19-10-13-14(16)7-4-8-15(13)17/h3-9H,10,17H2,1-2H3. The van der Waals surface area contributed by atoms with Gasteiger partial charge in [0.2, 0.25) is 0 Å². The molecule has 0 unspecified atom stereocenters. The van der Waals surface area contributed by atoms with Gasteiger partial charge in [0.05, 0.1) is 0 Å². The van der Waals surface area contributed by atoms with E-state index in [4.69, 9.17) is 22.1 Å². The van der Waals surface area contributed by atoms with Crippen LogP contribution in [0.5, 0.6) is 5.75 Å². The first-order chi connectivity index (χ1) is 9.08. The minimum Gasteiger partial charge on any atom is -0.489 e. The Bertz CT molecular complexity index is 550. The number of anilines is 2. The molecule has 0 spiro atoms. The van der Waals surface area contributed by atoms with E-state index in [-0.39, 0.29) is 0 Å². The van der Waals surface area contributed by atoms with E-state index >= 15 is 0 Å². The lowest BCUT2D eigenvalue weighted by molar-refractivity contribution is 0.307. The third-order valence-electron chi connectivity index (χ3n) is 2.87. The van der Waals surface area contributed by atoms with Gasteiger partial charge in [-0.15, -0.1) is 0 Å². The summed E-state index contributed by atoms with van der Waals surface area (Å²) in [7, 11) is 3.98. The van der Waals surface area contributed by atoms with E-state index in [9.17, 15) is 0 Å². The Kier molecular flexibility index (Phi) is 4.17. The molecule has 2 aromatic carbocycles. The fourth-order valence-corrected chi connectivity index (χ4v) is 1.97. The maximum absolute atomic E-state index is 6.11. The number of halogens is 1. The maximum Gasteiger partial charge on any atom is 0.121 e. The zero-order chi connectivity index (χ0) is 13.8. The van der Waals surface area contributed by atoms with E-state index in [0.717, 1.165) is 17.0 Å². The minimum absolute atomic E-state index is 0.363. The van der Waals surface area contributed by atoms with Crippen LogP contribution in [0.1, 0.15) is 5.56 Å². The van der Waals surface area contributed by atoms with Crippen molar-refractivity contribution >= 4 is 23.0 Å². The second kappa shape index (κ2) is 5.85. The Morgan fingerprint density at radius 3 is 2.58 bits per heavy atom. The number of benzene rings is 2. The summed E-state index contributed by atoms with van der Waals surface area (Å²) in [5.41, 5.74) is 8.45. The van der Waals surface area contributed by atoms with Crippen LogP contribution in [0.2, 0.25) is 5.02 Å². The number of hydrogen-bond donors (Lipinski definition) is 1. The van der Waals surface area contributed by atoms with Gasteiger partial charge in [-0.25, -0.2) is 0 Å². The van der Waals surface area contributed by atoms with Crippen LogP contribution in [0.4, 0.5) is 11.4 Å². The van der Waals surface area contributed by atoms with E-state index in [1.165, 1.54) is 0 Å². The molecule has 2 N–H and O–H groups in total. The Morgan fingerprint density at radius 2 is 1.89 bits per heavy atom. The summed E-state index contributed by atoms with van der Waals surface area (Å²) in [6, 6.07) is 13.3. The number of nitrogens with zero attached hydrogens (tertiary/aromatic N) is 1. The number of ether oxygens (including phenoxy) is 1. The van der Waals surface area contributed by atoms with Crippen LogP contribution in [0, 0.1) is 0 Å². The second-order valence-electron chi connectivity index (χ2n) is 4.49. The van der Waals surface area contributed by atoms with Gasteiger partial charge in [0.25, 0.3) is 0 Å². The van der Waals surface area contributed by atoms with Crippen LogP contribution in [0.3, 0.4) is 0 Å². The lowest BCUT2D eigenvalue weighted by Gasteiger charge is -2.15. The molecule has 0 fully saturated rings. The molecule has 0 aliphatic heterocycles. The molecule has 19 heavy (non-hydrogen) atoms. The van der Waals surface area contributed by atoms with Crippen molar-refractivity contribution in [1.82, 2.24) is 0 Å². The monoisotopic (exact) mass is 276 g/mol. The van der Waals surface area contributed by atoms with Crippen LogP contribution in [0.25, 0.3) is 0 Å². The molecular weight excluding hydrogens is 260 g/mol. The molecule has 0 radical (unpaired) electrons. The molecule has 100 valence electrons. The number of rotatable bonds is 4. The summed E-state index contributed by atoms with van der Waals surface area (Å²) in [5.74, 6) is 0.797. The van der Waals surface area contributed by atoms with Gasteiger partial charge in [0, 0.05) is 42.1 Å². The van der Waals surface area contributed by atoms with E-state index < -0.39 is 0 Å². The van der Waals surface area contributed by atoms with E-state index in [1.54, 1.807) is 0 Å². The highest BCUT2D eigenvalue weighted by Crippen LogP contribution is 2.25. The van der Waals surface area contributed by atoms with Gasteiger partial charge >= 0.3 is 0 Å². The average molecular weight is 277 g/mol. The van der Waals surface area contributed by atoms with Crippen molar-refractivity contribution in [3.63, 3.8) is 0 Å². The Hall–Kier alpha value is -1.87. The summed E-state index contributed by atoms with van der Waals surface area (Å²) >= 11 is 6.11. The van der Waals surface area contributed by atoms with E-state index in [2.05, 4.69) is 0 Å². The number of nitrogens with two attached hydrogens (primary N) is 1. The summed E-state index contributed by atoms with van der Waals surface area (Å²) in [5, 5.41) is 0.628. The normalized spacial score (nSPS) is 10.3. The second-order valence-corrected chi connectivity index (χ2v) is 4.90. The summed E-state index contributed by atoms with van der Waals surface area (Å²) in [6.45, 7) is 0.363. The molecule has 2 aromatic rings. The SMILES string of the molecule is CN(C)c1cccc(OCc2c(N)cccc2Cl)c1. The van der Waals surface area contributed by atoms with Gasteiger partial charge in [-0.3, -0.25) is 0 Å². The summed E-state index contributed by atoms with van der Waals surface area (Å²) in [4.78, 5) is 2.02. The van der Waals surface area contributed by atoms with Crippen molar-refractivity contribution in [2.24, 2.45) is 0 Å². The zero-order valence-corrected chi connectivity index (χ0v) is 11.8. The summed E-state index contributed by atoms with van der Waals surface area (Å²) in [6.07, 6.45) is 0. The van der Waals surface area contributed by atoms with Crippen LogP contribution >= 0.6 is 11.6 Å². The fraction of sp³-hybridized carbons (Fsp3) is 0.200. The molecule has 0 aliphatic rings. The zero-order valence-electron chi connectivity index (χ0n) is 11.1. The smallest absolute Gasteiger partial charge is 0.121 e. The van der Waals surface area contributed by atoms with Gasteiger partial charge in [0.1, 0.15) is 12.4 Å². The highest BCUT2D eigenvalue weighted by Gasteiger charge is 2.06. The summed E-state index contributed by atoms with van der Waals surface area (Å²) < 4.78 is 5.75. The first-order valence-corrected chi connectivity index (χ1v) is 6.39. The minimum atomic E-state index is 0.363. The molecule has 4 heteroatoms. The van der Waals surface area contributed by atoms with Gasteiger partial charge in [-0.2, -0.15) is 0 Å². The molecular formula is C15H17ClN2O. The molecule has 0 aromatic heterocycles. The van der Waals surface area contributed by atoms with Crippen molar-refractivity contribution in [3.05, 3.63) is 53.1 Å². The van der Waals surface area contributed by atoms with Crippen LogP contribution in [-0.4, -0.2) is 14.1 Å². The van der Waals surface area contributed by atoms with E-state index in [0.29, 0.717) is 17.3 Å². The molecule has 2 rings (SSSR count). The molecule has 0 amide bonds. The molecule has 0 bridgehead atoms. The fourth-order valence-electron chi connectivity index (χ4n) is 1.73. The molecule has 3 nitrogen and oxygen atoms in total. The third-order valence-corrected chi connectivity index (χ3v) is 3.23. The van der Waals surface area contributed by atoms with E-state index in [1.807, 2.05) is 61.5 Å². The number of nitrogen functional groups attached to an aromatic ring is 1. The molecule has 0 saturated carbocycles. The Morgan fingerprint density at radius 1 is 1.16 bits per heavy atom. The average Bonchev–Trinajstić information content (AvgIpc) is 2.38. The van der Waals surface area contributed by atoms with Crippen molar-refractivity contribution in [2.75, 3.05) is 24.7 Å². The van der Waals surface area contributed by atoms with Crippen molar-refractivity contribution in [1.29, 1.82) is 0 Å². The van der Waals surface area contributed by atoms with Gasteiger partial charge < -0.3 is 15.4 Å². The Labute approximate surface area is 118 Å². The molecule has 0 aliphatic carbocycles. The van der Waals surface area contributed by atoms with Crippen molar-refractivity contribution in [2.45, 2.75) is 6.61 Å². The first kappa shape index (κ1) is 13.6. The van der Waals surface area contributed by atoms with Crippen LogP contribution in [-0.2, 0) is 6.61 Å². The highest BCUT2D eigenvalue weighted by molar-refractivity contribution is 6.31. The lowest BCUT2D eigenvalue weighted by Crippen LogP contribution is -2.08. The number of hydrogen-bond acceptors (Lipinski definition) is 3. The molecule has 0 atom stereocenters. The quantitative estimate of drug-likeness (QED) is 0.868.